The molecular formula is C27H33F. The van der Waals surface area contributed by atoms with Crippen LogP contribution < -0.4 is 0 Å². The van der Waals surface area contributed by atoms with Gasteiger partial charge in [-0.05, 0) is 110 Å². The predicted octanol–water partition coefficient (Wildman–Crippen LogP) is 8.07. The first-order valence-corrected chi connectivity index (χ1v) is 11.1. The Labute approximate surface area is 169 Å². The van der Waals surface area contributed by atoms with E-state index in [0.29, 0.717) is 11.5 Å². The van der Waals surface area contributed by atoms with Crippen molar-refractivity contribution in [2.75, 3.05) is 0 Å². The lowest BCUT2D eigenvalue weighted by atomic mass is 9.68. The van der Waals surface area contributed by atoms with Gasteiger partial charge in [0.2, 0.25) is 0 Å². The number of hydrogen-bond donors (Lipinski definition) is 0. The second-order valence-electron chi connectivity index (χ2n) is 9.11. The molecule has 0 aromatic heterocycles. The molecule has 2 aliphatic rings. The summed E-state index contributed by atoms with van der Waals surface area (Å²) in [6.07, 6.45) is 13.1. The minimum absolute atomic E-state index is 0.123. The van der Waals surface area contributed by atoms with E-state index in [1.165, 1.54) is 56.9 Å². The number of benzene rings is 2. The van der Waals surface area contributed by atoms with Gasteiger partial charge in [0.15, 0.2) is 0 Å². The van der Waals surface area contributed by atoms with Crippen LogP contribution in [-0.4, -0.2) is 0 Å². The predicted molar refractivity (Wildman–Crippen MR) is 117 cm³/mol. The third-order valence-electron chi connectivity index (χ3n) is 7.48. The van der Waals surface area contributed by atoms with Crippen LogP contribution in [0.5, 0.6) is 0 Å². The van der Waals surface area contributed by atoms with Crippen molar-refractivity contribution in [1.29, 1.82) is 0 Å². The van der Waals surface area contributed by atoms with Crippen LogP contribution in [0.15, 0.2) is 55.1 Å². The maximum atomic E-state index is 13.9. The molecule has 2 aromatic carbocycles. The van der Waals surface area contributed by atoms with E-state index in [2.05, 4.69) is 36.9 Å². The van der Waals surface area contributed by atoms with Gasteiger partial charge in [-0.3, -0.25) is 0 Å². The smallest absolute Gasteiger partial charge is 0.126 e. The Morgan fingerprint density at radius 3 is 1.93 bits per heavy atom. The van der Waals surface area contributed by atoms with Crippen LogP contribution in [0, 0.1) is 30.5 Å². The van der Waals surface area contributed by atoms with Gasteiger partial charge in [0.05, 0.1) is 0 Å². The van der Waals surface area contributed by atoms with Gasteiger partial charge in [-0.2, -0.15) is 0 Å². The van der Waals surface area contributed by atoms with E-state index in [-0.39, 0.29) is 5.82 Å². The Morgan fingerprint density at radius 2 is 1.36 bits per heavy atom. The van der Waals surface area contributed by atoms with Gasteiger partial charge in [0, 0.05) is 0 Å². The molecule has 0 spiro atoms. The van der Waals surface area contributed by atoms with Crippen LogP contribution in [0.2, 0.25) is 0 Å². The van der Waals surface area contributed by atoms with Gasteiger partial charge < -0.3 is 0 Å². The van der Waals surface area contributed by atoms with Crippen LogP contribution >= 0.6 is 0 Å². The van der Waals surface area contributed by atoms with Crippen LogP contribution in [-0.2, 0) is 0 Å². The van der Waals surface area contributed by atoms with E-state index >= 15 is 0 Å². The number of allylic oxidation sites excluding steroid dienone is 1. The minimum atomic E-state index is -0.123. The molecule has 2 saturated carbocycles. The van der Waals surface area contributed by atoms with Crippen LogP contribution in [0.3, 0.4) is 0 Å². The standard InChI is InChI=1S/C27H33F/c1-3-20-5-8-21(9-6-20)22-10-12-23(13-11-22)24-14-16-25(17-15-24)26-7-4-19(2)27(28)18-26/h3-4,7,14-18,20-23H,1,5-6,8-13H2,2H3. The summed E-state index contributed by atoms with van der Waals surface area (Å²) in [5.74, 6) is 3.24. The molecule has 28 heavy (non-hydrogen) atoms. The third kappa shape index (κ3) is 4.24. The zero-order chi connectivity index (χ0) is 19.5. The van der Waals surface area contributed by atoms with E-state index in [1.807, 2.05) is 19.1 Å². The quantitative estimate of drug-likeness (QED) is 0.473. The van der Waals surface area contributed by atoms with E-state index in [0.717, 1.165) is 28.9 Å². The number of hydrogen-bond acceptors (Lipinski definition) is 0. The first kappa shape index (κ1) is 19.4. The Hall–Kier alpha value is -1.89. The fraction of sp³-hybridized carbons (Fsp3) is 0.481. The van der Waals surface area contributed by atoms with Gasteiger partial charge in [0.25, 0.3) is 0 Å². The Kier molecular flexibility index (Phi) is 5.99. The highest BCUT2D eigenvalue weighted by Gasteiger charge is 2.30. The monoisotopic (exact) mass is 376 g/mol. The molecule has 148 valence electrons. The summed E-state index contributed by atoms with van der Waals surface area (Å²) in [4.78, 5) is 0. The van der Waals surface area contributed by atoms with E-state index in [9.17, 15) is 4.39 Å². The van der Waals surface area contributed by atoms with Crippen molar-refractivity contribution in [2.45, 2.75) is 64.2 Å². The molecule has 2 aliphatic carbocycles. The third-order valence-corrected chi connectivity index (χ3v) is 7.48. The van der Waals surface area contributed by atoms with Gasteiger partial charge in [-0.15, -0.1) is 6.58 Å². The largest absolute Gasteiger partial charge is 0.207 e. The molecule has 4 rings (SSSR count). The lowest BCUT2D eigenvalue weighted by Gasteiger charge is -2.37. The molecular weight excluding hydrogens is 343 g/mol. The topological polar surface area (TPSA) is 0 Å². The molecule has 0 aliphatic heterocycles. The molecule has 0 amide bonds. The molecule has 0 heterocycles. The van der Waals surface area contributed by atoms with Crippen LogP contribution in [0.4, 0.5) is 4.39 Å². The molecule has 2 aromatic rings. The van der Waals surface area contributed by atoms with Crippen molar-refractivity contribution < 1.29 is 4.39 Å². The minimum Gasteiger partial charge on any atom is -0.207 e. The zero-order valence-corrected chi connectivity index (χ0v) is 17.2. The normalized spacial score (nSPS) is 28.1. The molecule has 0 nitrogen and oxygen atoms in total. The van der Waals surface area contributed by atoms with Crippen LogP contribution in [0.1, 0.15) is 68.4 Å². The highest BCUT2D eigenvalue weighted by atomic mass is 19.1. The van der Waals surface area contributed by atoms with E-state index in [4.69, 9.17) is 0 Å². The summed E-state index contributed by atoms with van der Waals surface area (Å²) in [6, 6.07) is 14.4. The number of aryl methyl sites for hydroxylation is 1. The fourth-order valence-electron chi connectivity index (χ4n) is 5.50. The maximum absolute atomic E-state index is 13.9. The molecule has 0 unspecified atom stereocenters. The van der Waals surface area contributed by atoms with Crippen LogP contribution in [0.25, 0.3) is 11.1 Å². The Bertz CT molecular complexity index is 788. The van der Waals surface area contributed by atoms with Gasteiger partial charge in [-0.25, -0.2) is 4.39 Å². The average molecular weight is 377 g/mol. The molecule has 2 fully saturated rings. The lowest BCUT2D eigenvalue weighted by molar-refractivity contribution is 0.171. The highest BCUT2D eigenvalue weighted by molar-refractivity contribution is 5.64. The van der Waals surface area contributed by atoms with E-state index < -0.39 is 0 Å². The first-order chi connectivity index (χ1) is 13.6. The summed E-state index contributed by atoms with van der Waals surface area (Å²) < 4.78 is 13.9. The average Bonchev–Trinajstić information content (AvgIpc) is 2.76. The van der Waals surface area contributed by atoms with Crippen molar-refractivity contribution in [3.05, 3.63) is 72.1 Å². The molecule has 0 atom stereocenters. The molecule has 1 heteroatoms. The summed E-state index contributed by atoms with van der Waals surface area (Å²) in [7, 11) is 0. The maximum Gasteiger partial charge on any atom is 0.126 e. The Morgan fingerprint density at radius 1 is 0.786 bits per heavy atom. The van der Waals surface area contributed by atoms with Gasteiger partial charge >= 0.3 is 0 Å². The van der Waals surface area contributed by atoms with Crippen molar-refractivity contribution in [3.8, 4) is 11.1 Å². The van der Waals surface area contributed by atoms with Crippen molar-refractivity contribution in [2.24, 2.45) is 17.8 Å². The second kappa shape index (κ2) is 8.64. The van der Waals surface area contributed by atoms with Crippen molar-refractivity contribution in [3.63, 3.8) is 0 Å². The number of halogens is 1. The van der Waals surface area contributed by atoms with E-state index in [1.54, 1.807) is 6.07 Å². The SMILES string of the molecule is C=CC1CCC(C2CCC(c3ccc(-c4ccc(C)c(F)c4)cc3)CC2)CC1. The summed E-state index contributed by atoms with van der Waals surface area (Å²) >= 11 is 0. The molecule has 0 N–H and O–H groups in total. The summed E-state index contributed by atoms with van der Waals surface area (Å²) in [5, 5.41) is 0. The van der Waals surface area contributed by atoms with Gasteiger partial charge in [0.1, 0.15) is 5.82 Å². The molecule has 0 bridgehead atoms. The van der Waals surface area contributed by atoms with Crippen molar-refractivity contribution >= 4 is 0 Å². The van der Waals surface area contributed by atoms with Gasteiger partial charge in [-0.1, -0.05) is 42.5 Å². The fourth-order valence-corrected chi connectivity index (χ4v) is 5.50. The molecule has 0 saturated heterocycles. The summed E-state index contributed by atoms with van der Waals surface area (Å²) in [5.41, 5.74) is 4.24. The Balaban J connectivity index is 1.34. The first-order valence-electron chi connectivity index (χ1n) is 11.1. The zero-order valence-electron chi connectivity index (χ0n) is 17.2. The lowest BCUT2D eigenvalue weighted by Crippen LogP contribution is -2.25. The summed E-state index contributed by atoms with van der Waals surface area (Å²) in [6.45, 7) is 5.79. The second-order valence-corrected chi connectivity index (χ2v) is 9.11. The van der Waals surface area contributed by atoms with Crippen molar-refractivity contribution in [1.82, 2.24) is 0 Å². The molecule has 0 radical (unpaired) electrons. The number of rotatable bonds is 4. The highest BCUT2D eigenvalue weighted by Crippen LogP contribution is 2.44.